The second-order valence-electron chi connectivity index (χ2n) is 8.09. The third-order valence-corrected chi connectivity index (χ3v) is 5.89. The van der Waals surface area contributed by atoms with Crippen molar-refractivity contribution in [3.63, 3.8) is 0 Å². The average Bonchev–Trinajstić information content (AvgIpc) is 3.25. The van der Waals surface area contributed by atoms with Crippen molar-refractivity contribution in [1.82, 2.24) is 20.0 Å². The Labute approximate surface area is 193 Å². The molecule has 2 heterocycles. The third-order valence-electron chi connectivity index (χ3n) is 5.63. The summed E-state index contributed by atoms with van der Waals surface area (Å²) in [6.07, 6.45) is 4.85. The predicted molar refractivity (Wildman–Crippen MR) is 126 cm³/mol. The Kier molecular flexibility index (Phi) is 6.90. The van der Waals surface area contributed by atoms with Crippen LogP contribution in [-0.2, 0) is 4.79 Å². The standard InChI is InChI=1S/C25H27ClN4O2/c1-2-7-23(31)27-20-8-6-15-29(16-20)25(32)22-17-30(21-9-4-3-5-10-21)28-24(22)18-11-13-19(26)14-12-18/h3-5,9-14,17,20H,2,6-8,15-16H2,1H3,(H,27,31). The molecule has 1 unspecified atom stereocenters. The number of nitrogens with one attached hydrogen (secondary N) is 1. The van der Waals surface area contributed by atoms with Gasteiger partial charge in [-0.15, -0.1) is 0 Å². The van der Waals surface area contributed by atoms with Crippen molar-refractivity contribution in [1.29, 1.82) is 0 Å². The molecule has 6 nitrogen and oxygen atoms in total. The number of piperidine rings is 1. The number of likely N-dealkylation sites (tertiary alicyclic amines) is 1. The molecule has 0 spiro atoms. The molecule has 0 saturated carbocycles. The summed E-state index contributed by atoms with van der Waals surface area (Å²) in [6, 6.07) is 17.1. The Morgan fingerprint density at radius 2 is 1.88 bits per heavy atom. The molecule has 166 valence electrons. The normalized spacial score (nSPS) is 16.1. The minimum absolute atomic E-state index is 0.0186. The van der Waals surface area contributed by atoms with Gasteiger partial charge in [0.15, 0.2) is 0 Å². The van der Waals surface area contributed by atoms with E-state index in [-0.39, 0.29) is 17.9 Å². The van der Waals surface area contributed by atoms with E-state index < -0.39 is 0 Å². The van der Waals surface area contributed by atoms with E-state index in [4.69, 9.17) is 16.7 Å². The number of hydrogen-bond donors (Lipinski definition) is 1. The Morgan fingerprint density at radius 3 is 2.59 bits per heavy atom. The van der Waals surface area contributed by atoms with Crippen LogP contribution in [0, 0.1) is 0 Å². The number of nitrogens with zero attached hydrogens (tertiary/aromatic N) is 3. The van der Waals surface area contributed by atoms with Gasteiger partial charge in [-0.05, 0) is 43.5 Å². The number of rotatable bonds is 6. The van der Waals surface area contributed by atoms with Gasteiger partial charge in [-0.25, -0.2) is 4.68 Å². The summed E-state index contributed by atoms with van der Waals surface area (Å²) in [5.41, 5.74) is 2.87. The first-order valence-corrected chi connectivity index (χ1v) is 11.4. The maximum atomic E-state index is 13.6. The van der Waals surface area contributed by atoms with Crippen LogP contribution in [0.15, 0.2) is 60.8 Å². The summed E-state index contributed by atoms with van der Waals surface area (Å²) in [6.45, 7) is 3.15. The number of para-hydroxylation sites is 1. The van der Waals surface area contributed by atoms with Gasteiger partial charge in [-0.1, -0.05) is 48.9 Å². The van der Waals surface area contributed by atoms with E-state index >= 15 is 0 Å². The van der Waals surface area contributed by atoms with Crippen molar-refractivity contribution in [2.45, 2.75) is 38.6 Å². The van der Waals surface area contributed by atoms with Crippen LogP contribution in [0.5, 0.6) is 0 Å². The molecule has 1 aliphatic heterocycles. The summed E-state index contributed by atoms with van der Waals surface area (Å²) in [7, 11) is 0. The average molecular weight is 451 g/mol. The molecule has 0 radical (unpaired) electrons. The monoisotopic (exact) mass is 450 g/mol. The van der Waals surface area contributed by atoms with Crippen LogP contribution in [0.4, 0.5) is 0 Å². The van der Waals surface area contributed by atoms with Crippen molar-refractivity contribution >= 4 is 23.4 Å². The van der Waals surface area contributed by atoms with E-state index in [9.17, 15) is 9.59 Å². The topological polar surface area (TPSA) is 67.2 Å². The summed E-state index contributed by atoms with van der Waals surface area (Å²) in [5.74, 6) is -0.0304. The molecule has 3 aromatic rings. The van der Waals surface area contributed by atoms with Crippen LogP contribution in [-0.4, -0.2) is 45.6 Å². The molecule has 1 saturated heterocycles. The van der Waals surface area contributed by atoms with Crippen LogP contribution in [0.25, 0.3) is 16.9 Å². The van der Waals surface area contributed by atoms with E-state index in [2.05, 4.69) is 5.32 Å². The SMILES string of the molecule is CCCC(=O)NC1CCCN(C(=O)c2cn(-c3ccccc3)nc2-c2ccc(Cl)cc2)C1. The molecule has 4 rings (SSSR count). The highest BCUT2D eigenvalue weighted by atomic mass is 35.5. The first-order valence-electron chi connectivity index (χ1n) is 11.0. The van der Waals surface area contributed by atoms with Crippen molar-refractivity contribution in [2.24, 2.45) is 0 Å². The highest BCUT2D eigenvalue weighted by Gasteiger charge is 2.28. The lowest BCUT2D eigenvalue weighted by Crippen LogP contribution is -2.49. The number of benzene rings is 2. The maximum absolute atomic E-state index is 13.6. The molecule has 1 aromatic heterocycles. The predicted octanol–water partition coefficient (Wildman–Crippen LogP) is 4.71. The van der Waals surface area contributed by atoms with Gasteiger partial charge in [0.05, 0.1) is 11.3 Å². The first-order chi connectivity index (χ1) is 15.5. The zero-order valence-electron chi connectivity index (χ0n) is 18.1. The van der Waals surface area contributed by atoms with Crippen LogP contribution >= 0.6 is 11.6 Å². The summed E-state index contributed by atoms with van der Waals surface area (Å²) >= 11 is 6.07. The Morgan fingerprint density at radius 1 is 1.12 bits per heavy atom. The van der Waals surface area contributed by atoms with Gasteiger partial charge in [-0.3, -0.25) is 9.59 Å². The molecule has 32 heavy (non-hydrogen) atoms. The molecule has 1 atom stereocenters. The molecule has 2 aromatic carbocycles. The van der Waals surface area contributed by atoms with Crippen molar-refractivity contribution in [2.75, 3.05) is 13.1 Å². The van der Waals surface area contributed by atoms with E-state index in [1.165, 1.54) is 0 Å². The summed E-state index contributed by atoms with van der Waals surface area (Å²) < 4.78 is 1.74. The van der Waals surface area contributed by atoms with Gasteiger partial charge in [0.25, 0.3) is 5.91 Å². The smallest absolute Gasteiger partial charge is 0.257 e. The molecule has 1 N–H and O–H groups in total. The molecule has 7 heteroatoms. The zero-order chi connectivity index (χ0) is 22.5. The largest absolute Gasteiger partial charge is 0.352 e. The fraction of sp³-hybridized carbons (Fsp3) is 0.320. The number of halogens is 1. The van der Waals surface area contributed by atoms with Gasteiger partial charge in [-0.2, -0.15) is 5.10 Å². The second kappa shape index (κ2) is 10.0. The van der Waals surface area contributed by atoms with E-state index in [1.807, 2.05) is 54.3 Å². The van der Waals surface area contributed by atoms with Crippen LogP contribution < -0.4 is 5.32 Å². The van der Waals surface area contributed by atoms with Crippen LogP contribution in [0.1, 0.15) is 43.0 Å². The highest BCUT2D eigenvalue weighted by Crippen LogP contribution is 2.27. The number of carbonyl (C=O) groups is 2. The first kappa shape index (κ1) is 22.1. The van der Waals surface area contributed by atoms with Gasteiger partial charge in [0, 0.05) is 42.3 Å². The molecule has 2 amide bonds. The fourth-order valence-corrected chi connectivity index (χ4v) is 4.17. The van der Waals surface area contributed by atoms with Crippen LogP contribution in [0.2, 0.25) is 5.02 Å². The van der Waals surface area contributed by atoms with Gasteiger partial charge in [0.1, 0.15) is 5.69 Å². The highest BCUT2D eigenvalue weighted by molar-refractivity contribution is 6.30. The molecule has 0 aliphatic carbocycles. The van der Waals surface area contributed by atoms with Crippen LogP contribution in [0.3, 0.4) is 0 Å². The van der Waals surface area contributed by atoms with E-state index in [1.54, 1.807) is 23.0 Å². The molecule has 1 aliphatic rings. The number of hydrogen-bond acceptors (Lipinski definition) is 3. The zero-order valence-corrected chi connectivity index (χ0v) is 18.9. The van der Waals surface area contributed by atoms with Crippen molar-refractivity contribution in [3.05, 3.63) is 71.4 Å². The lowest BCUT2D eigenvalue weighted by Gasteiger charge is -2.33. The minimum atomic E-state index is -0.0772. The molecule has 0 bridgehead atoms. The lowest BCUT2D eigenvalue weighted by molar-refractivity contribution is -0.122. The van der Waals surface area contributed by atoms with E-state index in [0.717, 1.165) is 30.5 Å². The number of aromatic nitrogens is 2. The third kappa shape index (κ3) is 5.02. The maximum Gasteiger partial charge on any atom is 0.257 e. The molecule has 1 fully saturated rings. The van der Waals surface area contributed by atoms with E-state index in [0.29, 0.717) is 35.8 Å². The van der Waals surface area contributed by atoms with Crippen molar-refractivity contribution in [3.8, 4) is 16.9 Å². The Bertz CT molecular complexity index is 1080. The Balaban J connectivity index is 1.63. The lowest BCUT2D eigenvalue weighted by atomic mass is 10.0. The van der Waals surface area contributed by atoms with Crippen molar-refractivity contribution < 1.29 is 9.59 Å². The van der Waals surface area contributed by atoms with Gasteiger partial charge >= 0.3 is 0 Å². The summed E-state index contributed by atoms with van der Waals surface area (Å²) in [5, 5.41) is 8.45. The van der Waals surface area contributed by atoms with Gasteiger partial charge in [0.2, 0.25) is 5.91 Å². The quantitative estimate of drug-likeness (QED) is 0.591. The summed E-state index contributed by atoms with van der Waals surface area (Å²) in [4.78, 5) is 27.5. The number of amides is 2. The molecular weight excluding hydrogens is 424 g/mol. The fourth-order valence-electron chi connectivity index (χ4n) is 4.04. The Hall–Kier alpha value is -3.12. The minimum Gasteiger partial charge on any atom is -0.352 e. The van der Waals surface area contributed by atoms with Gasteiger partial charge < -0.3 is 10.2 Å². The number of carbonyl (C=O) groups excluding carboxylic acids is 2. The molecular formula is C25H27ClN4O2. The second-order valence-corrected chi connectivity index (χ2v) is 8.52.